The molecule has 4 heteroatoms. The molecule has 1 N–H and O–H groups in total. The summed E-state index contributed by atoms with van der Waals surface area (Å²) in [5.74, 6) is 0.679. The lowest BCUT2D eigenvalue weighted by molar-refractivity contribution is -0.128. The number of nitrogens with one attached hydrogen (secondary N) is 1. The van der Waals surface area contributed by atoms with Crippen LogP contribution in [0.3, 0.4) is 0 Å². The van der Waals surface area contributed by atoms with Crippen molar-refractivity contribution in [3.63, 3.8) is 0 Å². The van der Waals surface area contributed by atoms with Gasteiger partial charge in [0.2, 0.25) is 0 Å². The van der Waals surface area contributed by atoms with Gasteiger partial charge in [-0.1, -0.05) is 67.6 Å². The van der Waals surface area contributed by atoms with E-state index >= 15 is 0 Å². The van der Waals surface area contributed by atoms with Gasteiger partial charge >= 0.3 is 0 Å². The first kappa shape index (κ1) is 20.4. The number of benzene rings is 3. The quantitative estimate of drug-likeness (QED) is 0.582. The fourth-order valence-corrected chi connectivity index (χ4v) is 4.11. The van der Waals surface area contributed by atoms with Crippen molar-refractivity contribution in [2.45, 2.75) is 45.4 Å². The lowest BCUT2D eigenvalue weighted by atomic mass is 10.1. The fourth-order valence-electron chi connectivity index (χ4n) is 4.11. The van der Waals surface area contributed by atoms with Crippen molar-refractivity contribution in [3.8, 4) is 5.75 Å². The summed E-state index contributed by atoms with van der Waals surface area (Å²) in [6.45, 7) is 5.85. The van der Waals surface area contributed by atoms with Gasteiger partial charge in [0.25, 0.3) is 5.91 Å². The molecule has 1 saturated heterocycles. The van der Waals surface area contributed by atoms with E-state index in [4.69, 9.17) is 4.74 Å². The number of ether oxygens (including phenoxy) is 1. The smallest absolute Gasteiger partial charge is 0.261 e. The average molecular weight is 403 g/mol. The van der Waals surface area contributed by atoms with Gasteiger partial charge in [0.05, 0.1) is 0 Å². The number of nitrogens with zero attached hydrogens (tertiary/aromatic N) is 1. The van der Waals surface area contributed by atoms with E-state index < -0.39 is 6.10 Å². The minimum atomic E-state index is -0.511. The molecular formula is C26H30N2O2. The van der Waals surface area contributed by atoms with Crippen LogP contribution in [0.4, 0.5) is 0 Å². The highest BCUT2D eigenvalue weighted by Gasteiger charge is 2.19. The summed E-state index contributed by atoms with van der Waals surface area (Å²) < 4.78 is 6.12. The summed E-state index contributed by atoms with van der Waals surface area (Å²) in [5.41, 5.74) is 2.43. The SMILES string of the molecule is CC[C@H](Oc1cccc2ccccc12)C(=O)NCc1cccc(CN2CCCC2)c1. The van der Waals surface area contributed by atoms with Crippen molar-refractivity contribution in [1.82, 2.24) is 10.2 Å². The number of hydrogen-bond donors (Lipinski definition) is 1. The van der Waals surface area contributed by atoms with Gasteiger partial charge in [0.15, 0.2) is 6.10 Å². The molecule has 1 atom stereocenters. The molecule has 4 nitrogen and oxygen atoms in total. The normalized spacial score (nSPS) is 15.2. The molecule has 3 aromatic rings. The second kappa shape index (κ2) is 9.77. The highest BCUT2D eigenvalue weighted by molar-refractivity contribution is 5.89. The first-order valence-corrected chi connectivity index (χ1v) is 11.0. The zero-order valence-electron chi connectivity index (χ0n) is 17.6. The summed E-state index contributed by atoms with van der Waals surface area (Å²) in [6.07, 6.45) is 2.70. The van der Waals surface area contributed by atoms with Gasteiger partial charge in [-0.25, -0.2) is 0 Å². The summed E-state index contributed by atoms with van der Waals surface area (Å²) in [4.78, 5) is 15.3. The maximum absolute atomic E-state index is 12.8. The molecule has 0 aliphatic carbocycles. The molecule has 4 rings (SSSR count). The van der Waals surface area contributed by atoms with Crippen molar-refractivity contribution in [2.75, 3.05) is 13.1 Å². The van der Waals surface area contributed by atoms with Crippen LogP contribution in [0, 0.1) is 0 Å². The minimum Gasteiger partial charge on any atom is -0.480 e. The van der Waals surface area contributed by atoms with E-state index in [0.717, 1.165) is 28.6 Å². The second-order valence-electron chi connectivity index (χ2n) is 8.01. The van der Waals surface area contributed by atoms with Gasteiger partial charge in [0.1, 0.15) is 5.75 Å². The van der Waals surface area contributed by atoms with Crippen molar-refractivity contribution in [3.05, 3.63) is 77.9 Å². The number of likely N-dealkylation sites (tertiary alicyclic amines) is 1. The standard InChI is InChI=1S/C26H30N2O2/c1-2-24(30-25-14-8-12-22-11-3-4-13-23(22)25)26(29)27-18-20-9-7-10-21(17-20)19-28-15-5-6-16-28/h3-4,7-14,17,24H,2,5-6,15-16,18-19H2,1H3,(H,27,29)/t24-/m0/s1. The van der Waals surface area contributed by atoms with E-state index in [1.54, 1.807) is 0 Å². The Labute approximate surface area is 178 Å². The highest BCUT2D eigenvalue weighted by Crippen LogP contribution is 2.26. The lowest BCUT2D eigenvalue weighted by Gasteiger charge is -2.19. The van der Waals surface area contributed by atoms with E-state index in [-0.39, 0.29) is 5.91 Å². The van der Waals surface area contributed by atoms with Gasteiger partial charge in [-0.05, 0) is 54.9 Å². The van der Waals surface area contributed by atoms with Crippen LogP contribution in [0.25, 0.3) is 10.8 Å². The maximum atomic E-state index is 12.8. The van der Waals surface area contributed by atoms with Crippen LogP contribution >= 0.6 is 0 Å². The molecule has 30 heavy (non-hydrogen) atoms. The fraction of sp³-hybridized carbons (Fsp3) is 0.346. The zero-order valence-corrected chi connectivity index (χ0v) is 17.6. The minimum absolute atomic E-state index is 0.0737. The molecule has 0 aromatic heterocycles. The molecule has 0 saturated carbocycles. The van der Waals surface area contributed by atoms with E-state index in [9.17, 15) is 4.79 Å². The largest absolute Gasteiger partial charge is 0.480 e. The Morgan fingerprint density at radius 3 is 2.57 bits per heavy atom. The zero-order chi connectivity index (χ0) is 20.8. The summed E-state index contributed by atoms with van der Waals surface area (Å²) >= 11 is 0. The summed E-state index contributed by atoms with van der Waals surface area (Å²) in [5, 5.41) is 5.20. The van der Waals surface area contributed by atoms with E-state index in [0.29, 0.717) is 13.0 Å². The Morgan fingerprint density at radius 2 is 1.73 bits per heavy atom. The molecule has 156 valence electrons. The van der Waals surface area contributed by atoms with E-state index in [1.807, 2.05) is 37.3 Å². The third-order valence-electron chi connectivity index (χ3n) is 5.75. The predicted molar refractivity (Wildman–Crippen MR) is 121 cm³/mol. The molecule has 1 fully saturated rings. The number of carbonyl (C=O) groups excluding carboxylic acids is 1. The van der Waals surface area contributed by atoms with Gasteiger partial charge in [-0.3, -0.25) is 9.69 Å². The topological polar surface area (TPSA) is 41.6 Å². The second-order valence-corrected chi connectivity index (χ2v) is 8.01. The Hall–Kier alpha value is -2.85. The predicted octanol–water partition coefficient (Wildman–Crippen LogP) is 4.91. The Bertz CT molecular complexity index is 990. The Balaban J connectivity index is 1.37. The first-order valence-electron chi connectivity index (χ1n) is 11.0. The average Bonchev–Trinajstić information content (AvgIpc) is 3.29. The Morgan fingerprint density at radius 1 is 1.00 bits per heavy atom. The molecule has 0 unspecified atom stereocenters. The molecule has 1 aliphatic rings. The van der Waals surface area contributed by atoms with Crippen molar-refractivity contribution >= 4 is 16.7 Å². The summed E-state index contributed by atoms with van der Waals surface area (Å²) in [7, 11) is 0. The highest BCUT2D eigenvalue weighted by atomic mass is 16.5. The van der Waals surface area contributed by atoms with Crippen LogP contribution in [0.2, 0.25) is 0 Å². The number of hydrogen-bond acceptors (Lipinski definition) is 3. The van der Waals surface area contributed by atoms with Crippen LogP contribution in [0.5, 0.6) is 5.75 Å². The molecular weight excluding hydrogens is 372 g/mol. The van der Waals surface area contributed by atoms with Crippen molar-refractivity contribution < 1.29 is 9.53 Å². The lowest BCUT2D eigenvalue weighted by Crippen LogP contribution is -2.37. The third-order valence-corrected chi connectivity index (χ3v) is 5.75. The van der Waals surface area contributed by atoms with E-state index in [1.165, 1.54) is 31.5 Å². The number of carbonyl (C=O) groups is 1. The molecule has 1 aliphatic heterocycles. The van der Waals surface area contributed by atoms with Gasteiger partial charge in [0, 0.05) is 18.5 Å². The Kier molecular flexibility index (Phi) is 6.65. The van der Waals surface area contributed by atoms with Crippen molar-refractivity contribution in [1.29, 1.82) is 0 Å². The molecule has 1 amide bonds. The number of rotatable bonds is 8. The number of amides is 1. The van der Waals surface area contributed by atoms with Crippen LogP contribution in [0.1, 0.15) is 37.3 Å². The van der Waals surface area contributed by atoms with Gasteiger partial charge in [-0.2, -0.15) is 0 Å². The maximum Gasteiger partial charge on any atom is 0.261 e. The van der Waals surface area contributed by atoms with E-state index in [2.05, 4.69) is 46.6 Å². The van der Waals surface area contributed by atoms with Crippen LogP contribution in [-0.4, -0.2) is 30.0 Å². The number of fused-ring (bicyclic) bond motifs is 1. The summed E-state index contributed by atoms with van der Waals surface area (Å²) in [6, 6.07) is 22.6. The molecule has 3 aromatic carbocycles. The monoisotopic (exact) mass is 402 g/mol. The van der Waals surface area contributed by atoms with Crippen LogP contribution in [0.15, 0.2) is 66.7 Å². The van der Waals surface area contributed by atoms with Gasteiger partial charge in [-0.15, -0.1) is 0 Å². The van der Waals surface area contributed by atoms with Gasteiger partial charge < -0.3 is 10.1 Å². The third kappa shape index (κ3) is 5.00. The van der Waals surface area contributed by atoms with Crippen molar-refractivity contribution in [2.24, 2.45) is 0 Å². The van der Waals surface area contributed by atoms with Crippen LogP contribution < -0.4 is 10.1 Å². The first-order chi connectivity index (χ1) is 14.7. The molecule has 0 spiro atoms. The molecule has 0 radical (unpaired) electrons. The molecule has 0 bridgehead atoms. The van der Waals surface area contributed by atoms with Crippen LogP contribution in [-0.2, 0) is 17.9 Å². The molecule has 1 heterocycles.